The summed E-state index contributed by atoms with van der Waals surface area (Å²) in [5.74, 6) is -0.638. The molecule has 12 heteroatoms. The molecule has 2 aliphatic rings. The van der Waals surface area contributed by atoms with Crippen molar-refractivity contribution in [1.29, 1.82) is 0 Å². The van der Waals surface area contributed by atoms with Crippen LogP contribution in [-0.2, 0) is 34.4 Å². The number of carbonyl (C=O) groups excluding carboxylic acids is 4. The average molecular weight is 658 g/mol. The Balaban J connectivity index is 1.20. The van der Waals surface area contributed by atoms with Crippen LogP contribution in [0.25, 0.3) is 0 Å². The van der Waals surface area contributed by atoms with Gasteiger partial charge in [-0.3, -0.25) is 28.8 Å². The van der Waals surface area contributed by atoms with Gasteiger partial charge in [-0.2, -0.15) is 5.10 Å². The Morgan fingerprint density at radius 3 is 2.29 bits per heavy atom. The Labute approximate surface area is 281 Å². The fourth-order valence-corrected chi connectivity index (χ4v) is 6.61. The number of hydrogen-bond donors (Lipinski definition) is 4. The monoisotopic (exact) mass is 657 g/mol. The van der Waals surface area contributed by atoms with E-state index in [2.05, 4.69) is 25.9 Å². The first kappa shape index (κ1) is 34.6. The molecule has 4 N–H and O–H groups in total. The highest BCUT2D eigenvalue weighted by Crippen LogP contribution is 2.28. The highest BCUT2D eigenvalue weighted by atomic mass is 16.3. The number of phenols is 1. The second-order valence-corrected chi connectivity index (χ2v) is 12.8. The van der Waals surface area contributed by atoms with Gasteiger partial charge in [0, 0.05) is 64.5 Å². The molecule has 2 heterocycles. The molecular weight excluding hydrogens is 610 g/mol. The first-order valence-corrected chi connectivity index (χ1v) is 17.0. The SMILES string of the molecule is CCC(=O)NC(Cc1ccc(NC(=O)[C@@H](NC(=O)c2ccnn2C)C2CCCCC2)cc1)C(=O)N1CCN(Cc2cccc(O)c2)CC1. The third-order valence-electron chi connectivity index (χ3n) is 9.36. The van der Waals surface area contributed by atoms with Crippen molar-refractivity contribution in [2.75, 3.05) is 31.5 Å². The smallest absolute Gasteiger partial charge is 0.270 e. The summed E-state index contributed by atoms with van der Waals surface area (Å²) in [7, 11) is 1.69. The molecule has 48 heavy (non-hydrogen) atoms. The number of rotatable bonds is 12. The van der Waals surface area contributed by atoms with E-state index < -0.39 is 12.1 Å². The normalized spacial score (nSPS) is 16.9. The fraction of sp³-hybridized carbons (Fsp3) is 0.472. The molecule has 5 rings (SSSR count). The van der Waals surface area contributed by atoms with Crippen molar-refractivity contribution < 1.29 is 24.3 Å². The molecule has 12 nitrogen and oxygen atoms in total. The van der Waals surface area contributed by atoms with Crippen molar-refractivity contribution in [3.63, 3.8) is 0 Å². The molecule has 0 bridgehead atoms. The zero-order valence-electron chi connectivity index (χ0n) is 27.9. The van der Waals surface area contributed by atoms with E-state index in [4.69, 9.17) is 0 Å². The van der Waals surface area contributed by atoms with Crippen molar-refractivity contribution >= 4 is 29.3 Å². The molecule has 0 spiro atoms. The minimum atomic E-state index is -0.714. The number of amides is 4. The predicted molar refractivity (Wildman–Crippen MR) is 182 cm³/mol. The molecule has 1 unspecified atom stereocenters. The summed E-state index contributed by atoms with van der Waals surface area (Å²) >= 11 is 0. The van der Waals surface area contributed by atoms with Crippen LogP contribution in [0.1, 0.15) is 67.1 Å². The summed E-state index contributed by atoms with van der Waals surface area (Å²) in [6, 6.07) is 14.7. The van der Waals surface area contributed by atoms with Gasteiger partial charge in [0.2, 0.25) is 17.7 Å². The molecule has 1 saturated carbocycles. The van der Waals surface area contributed by atoms with Crippen molar-refractivity contribution in [3.05, 3.63) is 77.6 Å². The summed E-state index contributed by atoms with van der Waals surface area (Å²) in [6.07, 6.45) is 7.04. The van der Waals surface area contributed by atoms with Crippen molar-refractivity contribution in [1.82, 2.24) is 30.2 Å². The predicted octanol–water partition coefficient (Wildman–Crippen LogP) is 3.22. The Bertz CT molecular complexity index is 1560. The summed E-state index contributed by atoms with van der Waals surface area (Å²) in [5.41, 5.74) is 2.84. The second kappa shape index (κ2) is 16.4. The van der Waals surface area contributed by atoms with Gasteiger partial charge in [-0.25, -0.2) is 0 Å². The lowest BCUT2D eigenvalue weighted by Gasteiger charge is -2.36. The van der Waals surface area contributed by atoms with E-state index in [1.807, 2.05) is 24.3 Å². The van der Waals surface area contributed by atoms with Crippen LogP contribution in [0.5, 0.6) is 5.75 Å². The zero-order valence-corrected chi connectivity index (χ0v) is 27.9. The minimum absolute atomic E-state index is 0.0396. The maximum atomic E-state index is 13.7. The molecule has 3 aromatic rings. The lowest BCUT2D eigenvalue weighted by Crippen LogP contribution is -2.55. The van der Waals surface area contributed by atoms with Gasteiger partial charge in [0.15, 0.2) is 0 Å². The number of nitrogens with one attached hydrogen (secondary N) is 3. The van der Waals surface area contributed by atoms with Gasteiger partial charge in [0.05, 0.1) is 0 Å². The molecule has 0 radical (unpaired) electrons. The van der Waals surface area contributed by atoms with Gasteiger partial charge < -0.3 is 26.0 Å². The van der Waals surface area contributed by atoms with E-state index in [1.54, 1.807) is 55.4 Å². The molecule has 256 valence electrons. The number of benzene rings is 2. The maximum absolute atomic E-state index is 13.7. The maximum Gasteiger partial charge on any atom is 0.270 e. The van der Waals surface area contributed by atoms with Crippen LogP contribution in [0.2, 0.25) is 0 Å². The van der Waals surface area contributed by atoms with E-state index in [-0.39, 0.29) is 41.7 Å². The number of anilines is 1. The van der Waals surface area contributed by atoms with Gasteiger partial charge in [0.1, 0.15) is 23.5 Å². The van der Waals surface area contributed by atoms with E-state index in [1.165, 1.54) is 4.68 Å². The standard InChI is InChI=1S/C36H47N7O5/c1-3-32(45)39-30(36(48)43-20-18-42(19-21-43)24-26-8-7-11-29(44)22-26)23-25-12-14-28(15-13-25)38-35(47)33(27-9-5-4-6-10-27)40-34(46)31-16-17-37-41(31)2/h7-8,11-17,22,27,30,33,44H,3-6,9-10,18-21,23-24H2,1-2H3,(H,38,47)(H,39,45)(H,40,46)/t30?,33-/m0/s1. The first-order chi connectivity index (χ1) is 23.2. The van der Waals surface area contributed by atoms with E-state index in [0.29, 0.717) is 50.5 Å². The largest absolute Gasteiger partial charge is 0.508 e. The summed E-state index contributed by atoms with van der Waals surface area (Å²) in [4.78, 5) is 56.7. The number of phenolic OH excluding ortho intramolecular Hbond substituents is 1. The number of carbonyl (C=O) groups is 4. The van der Waals surface area contributed by atoms with Crippen LogP contribution >= 0.6 is 0 Å². The van der Waals surface area contributed by atoms with E-state index in [9.17, 15) is 24.3 Å². The number of piperazine rings is 1. The average Bonchev–Trinajstić information content (AvgIpc) is 3.53. The van der Waals surface area contributed by atoms with Crippen LogP contribution < -0.4 is 16.0 Å². The van der Waals surface area contributed by atoms with Crippen molar-refractivity contribution in [2.45, 2.75) is 70.5 Å². The summed E-state index contributed by atoms with van der Waals surface area (Å²) < 4.78 is 1.49. The van der Waals surface area contributed by atoms with Crippen LogP contribution in [0.15, 0.2) is 60.8 Å². The lowest BCUT2D eigenvalue weighted by atomic mass is 9.83. The van der Waals surface area contributed by atoms with Gasteiger partial charge in [-0.15, -0.1) is 0 Å². The third kappa shape index (κ3) is 9.21. The van der Waals surface area contributed by atoms with Crippen molar-refractivity contribution in [2.24, 2.45) is 13.0 Å². The number of aromatic nitrogens is 2. The third-order valence-corrected chi connectivity index (χ3v) is 9.36. The van der Waals surface area contributed by atoms with Crippen LogP contribution in [-0.4, -0.2) is 86.6 Å². The van der Waals surface area contributed by atoms with Crippen molar-refractivity contribution in [3.8, 4) is 5.75 Å². The lowest BCUT2D eigenvalue weighted by molar-refractivity contribution is -0.138. The molecular formula is C36H47N7O5. The quantitative estimate of drug-likeness (QED) is 0.234. The molecule has 1 aliphatic carbocycles. The summed E-state index contributed by atoms with van der Waals surface area (Å²) in [5, 5.41) is 22.7. The molecule has 4 amide bonds. The first-order valence-electron chi connectivity index (χ1n) is 17.0. The molecule has 2 atom stereocenters. The zero-order chi connectivity index (χ0) is 34.0. The minimum Gasteiger partial charge on any atom is -0.508 e. The fourth-order valence-electron chi connectivity index (χ4n) is 6.61. The topological polar surface area (TPSA) is 149 Å². The number of aromatic hydroxyl groups is 1. The van der Waals surface area contributed by atoms with Gasteiger partial charge in [-0.05, 0) is 60.2 Å². The number of nitrogens with zero attached hydrogens (tertiary/aromatic N) is 4. The van der Waals surface area contributed by atoms with Crippen LogP contribution in [0, 0.1) is 5.92 Å². The Morgan fingerprint density at radius 1 is 0.917 bits per heavy atom. The molecule has 1 aromatic heterocycles. The number of aryl methyl sites for hydroxylation is 1. The summed E-state index contributed by atoms with van der Waals surface area (Å²) in [6.45, 7) is 4.91. The van der Waals surface area contributed by atoms with Crippen LogP contribution in [0.4, 0.5) is 5.69 Å². The molecule has 2 aromatic carbocycles. The van der Waals surface area contributed by atoms with E-state index >= 15 is 0 Å². The van der Waals surface area contributed by atoms with E-state index in [0.717, 1.165) is 43.2 Å². The number of hydrogen-bond acceptors (Lipinski definition) is 7. The molecule has 1 saturated heterocycles. The van der Waals surface area contributed by atoms with Gasteiger partial charge in [0.25, 0.3) is 5.91 Å². The van der Waals surface area contributed by atoms with Gasteiger partial charge >= 0.3 is 0 Å². The Hall–Kier alpha value is -4.71. The Kier molecular flexibility index (Phi) is 11.8. The molecule has 1 aliphatic heterocycles. The molecule has 2 fully saturated rings. The highest BCUT2D eigenvalue weighted by Gasteiger charge is 2.32. The van der Waals surface area contributed by atoms with Crippen LogP contribution in [0.3, 0.4) is 0 Å². The second-order valence-electron chi connectivity index (χ2n) is 12.8. The Morgan fingerprint density at radius 2 is 1.65 bits per heavy atom. The van der Waals surface area contributed by atoms with Gasteiger partial charge in [-0.1, -0.05) is 50.5 Å². The highest BCUT2D eigenvalue weighted by molar-refractivity contribution is 6.00.